The number of ketones is 1. The topological polar surface area (TPSA) is 34.9 Å². The molecular formula is C11H12N2OS. The maximum atomic E-state index is 11.8. The molecule has 0 spiro atoms. The summed E-state index contributed by atoms with van der Waals surface area (Å²) in [7, 11) is 1.79. The molecule has 0 aliphatic carbocycles. The zero-order valence-corrected chi connectivity index (χ0v) is 9.33. The number of Topliss-reactive ketones (excluding diaryl/α,β-unsaturated/α-hetero) is 1. The van der Waals surface area contributed by atoms with Crippen LogP contribution in [-0.2, 0) is 13.5 Å². The number of hydrogen-bond donors (Lipinski definition) is 0. The summed E-state index contributed by atoms with van der Waals surface area (Å²) in [5.74, 6) is 0.154. The van der Waals surface area contributed by atoms with E-state index in [9.17, 15) is 4.79 Å². The van der Waals surface area contributed by atoms with Crippen molar-refractivity contribution in [1.82, 2.24) is 9.78 Å². The van der Waals surface area contributed by atoms with Crippen LogP contribution in [0.2, 0.25) is 0 Å². The Morgan fingerprint density at radius 2 is 2.40 bits per heavy atom. The molecule has 2 rings (SSSR count). The Bertz CT molecular complexity index is 445. The third kappa shape index (κ3) is 2.33. The van der Waals surface area contributed by atoms with Crippen molar-refractivity contribution >= 4 is 17.1 Å². The molecule has 0 saturated carbocycles. The minimum Gasteiger partial charge on any atom is -0.292 e. The lowest BCUT2D eigenvalue weighted by Crippen LogP contribution is -2.07. The van der Waals surface area contributed by atoms with Crippen molar-refractivity contribution < 1.29 is 4.79 Å². The van der Waals surface area contributed by atoms with Crippen molar-refractivity contribution in [1.29, 1.82) is 0 Å². The van der Waals surface area contributed by atoms with Crippen LogP contribution in [-0.4, -0.2) is 15.6 Å². The predicted octanol–water partition coefficient (Wildman–Crippen LogP) is 2.30. The van der Waals surface area contributed by atoms with Crippen LogP contribution in [0.4, 0.5) is 0 Å². The molecule has 4 heteroatoms. The summed E-state index contributed by atoms with van der Waals surface area (Å²) in [6, 6.07) is 3.82. The summed E-state index contributed by atoms with van der Waals surface area (Å²) >= 11 is 1.66. The molecule has 0 radical (unpaired) electrons. The molecule has 0 bridgehead atoms. The first-order chi connectivity index (χ1) is 7.27. The fraction of sp³-hybridized carbons (Fsp3) is 0.273. The highest BCUT2D eigenvalue weighted by molar-refractivity contribution is 7.07. The number of nitrogens with zero attached hydrogens (tertiary/aromatic N) is 2. The van der Waals surface area contributed by atoms with Crippen LogP contribution in [0.1, 0.15) is 22.5 Å². The van der Waals surface area contributed by atoms with Gasteiger partial charge in [0.25, 0.3) is 0 Å². The lowest BCUT2D eigenvalue weighted by atomic mass is 10.1. The molecular weight excluding hydrogens is 208 g/mol. The van der Waals surface area contributed by atoms with Gasteiger partial charge in [0.15, 0.2) is 5.78 Å². The van der Waals surface area contributed by atoms with Crippen LogP contribution in [0.3, 0.4) is 0 Å². The van der Waals surface area contributed by atoms with Gasteiger partial charge in [0.1, 0.15) is 5.69 Å². The first-order valence-corrected chi connectivity index (χ1v) is 5.74. The van der Waals surface area contributed by atoms with Crippen LogP contribution in [0.25, 0.3) is 0 Å². The highest BCUT2D eigenvalue weighted by atomic mass is 32.1. The summed E-state index contributed by atoms with van der Waals surface area (Å²) in [6.07, 6.45) is 3.02. The van der Waals surface area contributed by atoms with Crippen LogP contribution < -0.4 is 0 Å². The highest BCUT2D eigenvalue weighted by Crippen LogP contribution is 2.10. The van der Waals surface area contributed by atoms with E-state index in [0.717, 1.165) is 6.42 Å². The van der Waals surface area contributed by atoms with Crippen molar-refractivity contribution in [3.63, 3.8) is 0 Å². The number of rotatable bonds is 4. The lowest BCUT2D eigenvalue weighted by Gasteiger charge is -2.00. The van der Waals surface area contributed by atoms with Crippen molar-refractivity contribution in [2.75, 3.05) is 0 Å². The van der Waals surface area contributed by atoms with Gasteiger partial charge in [-0.3, -0.25) is 9.48 Å². The fourth-order valence-electron chi connectivity index (χ4n) is 1.47. The Labute approximate surface area is 92.4 Å². The molecule has 0 saturated heterocycles. The maximum Gasteiger partial charge on any atom is 0.181 e. The summed E-state index contributed by atoms with van der Waals surface area (Å²) in [4.78, 5) is 11.8. The molecule has 0 atom stereocenters. The average molecular weight is 220 g/mol. The van der Waals surface area contributed by atoms with Gasteiger partial charge in [-0.2, -0.15) is 16.4 Å². The molecule has 0 amide bonds. The third-order valence-electron chi connectivity index (χ3n) is 2.33. The molecule has 0 aliphatic rings. The van der Waals surface area contributed by atoms with Gasteiger partial charge in [-0.15, -0.1) is 0 Å². The summed E-state index contributed by atoms with van der Waals surface area (Å²) < 4.78 is 1.62. The first-order valence-electron chi connectivity index (χ1n) is 4.79. The van der Waals surface area contributed by atoms with Gasteiger partial charge in [0, 0.05) is 19.7 Å². The van der Waals surface area contributed by atoms with Crippen molar-refractivity contribution in [3.8, 4) is 0 Å². The Kier molecular flexibility index (Phi) is 2.97. The molecule has 2 aromatic rings. The Balaban J connectivity index is 1.96. The number of aryl methyl sites for hydroxylation is 2. The number of thiophene rings is 1. The number of carbonyl (C=O) groups excluding carboxylic acids is 1. The van der Waals surface area contributed by atoms with Gasteiger partial charge in [0.05, 0.1) is 0 Å². The number of carbonyl (C=O) groups is 1. The highest BCUT2D eigenvalue weighted by Gasteiger charge is 2.09. The van der Waals surface area contributed by atoms with E-state index in [-0.39, 0.29) is 5.78 Å². The fourth-order valence-corrected chi connectivity index (χ4v) is 2.17. The smallest absolute Gasteiger partial charge is 0.181 e. The summed E-state index contributed by atoms with van der Waals surface area (Å²) in [6.45, 7) is 0. The molecule has 3 nitrogen and oxygen atoms in total. The zero-order chi connectivity index (χ0) is 10.7. The van der Waals surface area contributed by atoms with E-state index in [2.05, 4.69) is 16.5 Å². The second-order valence-corrected chi connectivity index (χ2v) is 4.17. The van der Waals surface area contributed by atoms with Crippen LogP contribution >= 0.6 is 11.3 Å². The van der Waals surface area contributed by atoms with Crippen LogP contribution in [0.5, 0.6) is 0 Å². The number of hydrogen-bond acceptors (Lipinski definition) is 3. The molecule has 0 aliphatic heterocycles. The second-order valence-electron chi connectivity index (χ2n) is 3.39. The molecule has 15 heavy (non-hydrogen) atoms. The monoisotopic (exact) mass is 220 g/mol. The Hall–Kier alpha value is -1.42. The minimum absolute atomic E-state index is 0.154. The number of aromatic nitrogens is 2. The molecule has 0 fully saturated rings. The van der Waals surface area contributed by atoms with E-state index in [1.165, 1.54) is 5.56 Å². The van der Waals surface area contributed by atoms with E-state index < -0.39 is 0 Å². The Morgan fingerprint density at radius 3 is 3.00 bits per heavy atom. The summed E-state index contributed by atoms with van der Waals surface area (Å²) in [5, 5.41) is 8.09. The van der Waals surface area contributed by atoms with Gasteiger partial charge in [0.2, 0.25) is 0 Å². The molecule has 0 unspecified atom stereocenters. The Morgan fingerprint density at radius 1 is 1.53 bits per heavy atom. The van der Waals surface area contributed by atoms with E-state index in [0.29, 0.717) is 12.1 Å². The van der Waals surface area contributed by atoms with Crippen molar-refractivity contribution in [2.45, 2.75) is 12.8 Å². The van der Waals surface area contributed by atoms with Crippen LogP contribution in [0.15, 0.2) is 29.1 Å². The van der Waals surface area contributed by atoms with Gasteiger partial charge >= 0.3 is 0 Å². The SMILES string of the molecule is Cn1nccc1C(=O)CCc1ccsc1. The molecule has 0 N–H and O–H groups in total. The summed E-state index contributed by atoms with van der Waals surface area (Å²) in [5.41, 5.74) is 1.92. The normalized spacial score (nSPS) is 10.5. The van der Waals surface area contributed by atoms with Gasteiger partial charge in [-0.05, 0) is 34.9 Å². The van der Waals surface area contributed by atoms with E-state index in [4.69, 9.17) is 0 Å². The first kappa shape index (κ1) is 10.1. The van der Waals surface area contributed by atoms with Crippen molar-refractivity contribution in [2.24, 2.45) is 7.05 Å². The van der Waals surface area contributed by atoms with Gasteiger partial charge in [-0.25, -0.2) is 0 Å². The molecule has 2 aromatic heterocycles. The van der Waals surface area contributed by atoms with E-state index in [1.54, 1.807) is 35.3 Å². The standard InChI is InChI=1S/C11H12N2OS/c1-13-10(4-6-12-13)11(14)3-2-9-5-7-15-8-9/h4-8H,2-3H2,1H3. The largest absolute Gasteiger partial charge is 0.292 e. The minimum atomic E-state index is 0.154. The quantitative estimate of drug-likeness (QED) is 0.741. The molecule has 78 valence electrons. The van der Waals surface area contributed by atoms with Crippen molar-refractivity contribution in [3.05, 3.63) is 40.3 Å². The predicted molar refractivity (Wildman–Crippen MR) is 60.2 cm³/mol. The van der Waals surface area contributed by atoms with E-state index >= 15 is 0 Å². The van der Waals surface area contributed by atoms with Gasteiger partial charge < -0.3 is 0 Å². The lowest BCUT2D eigenvalue weighted by molar-refractivity contribution is 0.0974. The van der Waals surface area contributed by atoms with Crippen LogP contribution in [0, 0.1) is 0 Å². The van der Waals surface area contributed by atoms with E-state index in [1.807, 2.05) is 5.38 Å². The van der Waals surface area contributed by atoms with Gasteiger partial charge in [-0.1, -0.05) is 0 Å². The zero-order valence-electron chi connectivity index (χ0n) is 8.51. The maximum absolute atomic E-state index is 11.8. The third-order valence-corrected chi connectivity index (χ3v) is 3.06. The second kappa shape index (κ2) is 4.40. The molecule has 0 aromatic carbocycles. The average Bonchev–Trinajstić information content (AvgIpc) is 2.84. The molecule has 2 heterocycles.